The molecule has 57 heavy (non-hydrogen) atoms. The lowest BCUT2D eigenvalue weighted by atomic mass is 9.91. The van der Waals surface area contributed by atoms with Gasteiger partial charge < -0.3 is 14.0 Å². The van der Waals surface area contributed by atoms with E-state index < -0.39 is 101 Å². The summed E-state index contributed by atoms with van der Waals surface area (Å²) in [6, 6.07) is 27.6. The van der Waals surface area contributed by atoms with Crippen LogP contribution in [-0.2, 0) is 0 Å². The number of hydrogen-bond acceptors (Lipinski definition) is 1. The van der Waals surface area contributed by atoms with Crippen molar-refractivity contribution in [3.8, 4) is 33.6 Å². The highest BCUT2D eigenvalue weighted by molar-refractivity contribution is 6.17. The van der Waals surface area contributed by atoms with Crippen LogP contribution >= 0.6 is 0 Å². The van der Waals surface area contributed by atoms with Gasteiger partial charge in [-0.1, -0.05) is 170 Å². The smallest absolute Gasteiger partial charge is 0.0782 e. The predicted octanol–water partition coefficient (Wildman–Crippen LogP) is 13.9. The van der Waals surface area contributed by atoms with Crippen LogP contribution < -0.4 is 4.90 Å². The van der Waals surface area contributed by atoms with Gasteiger partial charge in [0.15, 0.2) is 0 Å². The summed E-state index contributed by atoms with van der Waals surface area (Å²) >= 11 is 0. The van der Waals surface area contributed by atoms with Crippen molar-refractivity contribution in [2.24, 2.45) is 0 Å². The van der Waals surface area contributed by atoms with Gasteiger partial charge in [0.25, 0.3) is 0 Å². The summed E-state index contributed by atoms with van der Waals surface area (Å²) in [5.41, 5.74) is 4.85. The van der Waals surface area contributed by atoms with Crippen molar-refractivity contribution in [1.82, 2.24) is 9.13 Å². The van der Waals surface area contributed by atoms with E-state index in [4.69, 9.17) is 12.3 Å². The Kier molecular flexibility index (Phi) is 4.78. The van der Waals surface area contributed by atoms with Gasteiger partial charge in [-0.3, -0.25) is 0 Å². The zero-order valence-electron chi connectivity index (χ0n) is 43.2. The van der Waals surface area contributed by atoms with Crippen LogP contribution in [0, 0.1) is 0 Å². The zero-order valence-corrected chi connectivity index (χ0v) is 30.2. The standard InChI is InChI=1S/C54H37N3/c1-2-14-36(15-3-1)37-28-30-38(31-29-37)39-32-34-40(35-33-39)55-47-22-8-6-18-43(47)45-20-13-27-52(53(45)55)57-50-25-11-7-19-44(50)46-21-12-26-51(54(46)57)56-48-23-9-4-16-41(48)42-17-5-10-24-49(42)56/h1-35,41,48H/i1D,2D,3D,14D,15D,28D,29D,30D,31D,32D,33D,34D,35D. The van der Waals surface area contributed by atoms with Crippen molar-refractivity contribution in [2.75, 3.05) is 4.90 Å². The van der Waals surface area contributed by atoms with Crippen molar-refractivity contribution >= 4 is 55.0 Å². The number of hydrogen-bond donors (Lipinski definition) is 0. The molecular formula is C54H37N3. The van der Waals surface area contributed by atoms with E-state index in [0.717, 1.165) is 44.0 Å². The molecule has 0 spiro atoms. The fourth-order valence-electron chi connectivity index (χ4n) is 8.91. The molecule has 10 aromatic rings. The van der Waals surface area contributed by atoms with Crippen LogP contribution in [0.15, 0.2) is 212 Å². The van der Waals surface area contributed by atoms with Gasteiger partial charge in [0.1, 0.15) is 0 Å². The summed E-state index contributed by atoms with van der Waals surface area (Å²) in [5.74, 6) is 0.130. The highest BCUT2D eigenvalue weighted by atomic mass is 15.2. The predicted molar refractivity (Wildman–Crippen MR) is 239 cm³/mol. The molecule has 0 fully saturated rings. The highest BCUT2D eigenvalue weighted by Crippen LogP contribution is 2.51. The van der Waals surface area contributed by atoms with Crippen LogP contribution in [0.2, 0.25) is 0 Å². The number of allylic oxidation sites excluding steroid dienone is 2. The summed E-state index contributed by atoms with van der Waals surface area (Å²) in [6.07, 6.45) is 8.66. The first kappa shape index (κ1) is 21.7. The Morgan fingerprint density at radius 2 is 0.912 bits per heavy atom. The second-order valence-corrected chi connectivity index (χ2v) is 14.2. The largest absolute Gasteiger partial charge is 0.332 e. The molecule has 0 bridgehead atoms. The highest BCUT2D eigenvalue weighted by Gasteiger charge is 2.38. The van der Waals surface area contributed by atoms with E-state index in [0.29, 0.717) is 16.7 Å². The molecule has 2 unspecified atom stereocenters. The zero-order chi connectivity index (χ0) is 48.8. The van der Waals surface area contributed by atoms with E-state index in [1.165, 1.54) is 5.56 Å². The minimum Gasteiger partial charge on any atom is -0.332 e. The third kappa shape index (κ3) is 4.79. The SMILES string of the molecule is [2H]c1c([2H])c([2H])c(-c2c([2H])c([2H])c(-c3c([2H])c([2H])c(-n4c5ccccc5c5cccc(-n6c7ccccc7c7cccc(N8c9ccccc9C9C=CC=CC98)c76)c54)c([2H])c3[2H])c([2H])c2[2H])c([2H])c1[2H]. The third-order valence-electron chi connectivity index (χ3n) is 11.3. The molecule has 0 saturated carbocycles. The van der Waals surface area contributed by atoms with Gasteiger partial charge in [-0.15, -0.1) is 0 Å². The van der Waals surface area contributed by atoms with Gasteiger partial charge in [-0.25, -0.2) is 0 Å². The first-order valence-electron chi connectivity index (χ1n) is 25.3. The molecule has 8 aromatic carbocycles. The lowest BCUT2D eigenvalue weighted by molar-refractivity contribution is 0.745. The van der Waals surface area contributed by atoms with Gasteiger partial charge in [0.05, 0.1) is 57.3 Å². The molecule has 1 aliphatic carbocycles. The summed E-state index contributed by atoms with van der Waals surface area (Å²) in [5, 5.41) is 3.59. The Morgan fingerprint density at radius 1 is 0.404 bits per heavy atom. The second-order valence-electron chi connectivity index (χ2n) is 14.2. The van der Waals surface area contributed by atoms with Crippen LogP contribution in [0.25, 0.3) is 77.2 Å². The Morgan fingerprint density at radius 3 is 1.61 bits per heavy atom. The van der Waals surface area contributed by atoms with Gasteiger partial charge in [-0.05, 0) is 70.2 Å². The van der Waals surface area contributed by atoms with Crippen molar-refractivity contribution < 1.29 is 17.8 Å². The molecule has 3 heteroatoms. The first-order chi connectivity index (χ1) is 33.7. The maximum Gasteiger partial charge on any atom is 0.0782 e. The fourth-order valence-corrected chi connectivity index (χ4v) is 8.91. The van der Waals surface area contributed by atoms with E-state index in [9.17, 15) is 5.48 Å². The molecule has 0 amide bonds. The molecule has 0 radical (unpaired) electrons. The van der Waals surface area contributed by atoms with Crippen LogP contribution in [0.4, 0.5) is 11.4 Å². The normalized spacial score (nSPS) is 19.1. The average molecular weight is 741 g/mol. The Balaban J connectivity index is 1.14. The molecular weight excluding hydrogens is 691 g/mol. The average Bonchev–Trinajstić information content (AvgIpc) is 4.02. The third-order valence-corrected chi connectivity index (χ3v) is 11.3. The molecule has 3 heterocycles. The van der Waals surface area contributed by atoms with Crippen molar-refractivity contribution in [1.29, 1.82) is 0 Å². The van der Waals surface area contributed by atoms with Gasteiger partial charge in [-0.2, -0.15) is 0 Å². The Hall–Kier alpha value is -7.36. The second kappa shape index (κ2) is 12.6. The summed E-state index contributed by atoms with van der Waals surface area (Å²) in [6.45, 7) is 0. The molecule has 268 valence electrons. The minimum absolute atomic E-state index is 0.00223. The molecule has 1 aliphatic heterocycles. The molecule has 0 N–H and O–H groups in total. The monoisotopic (exact) mass is 740 g/mol. The first-order valence-corrected chi connectivity index (χ1v) is 18.8. The quantitative estimate of drug-likeness (QED) is 0.171. The molecule has 3 nitrogen and oxygen atoms in total. The fraction of sp³-hybridized carbons (Fsp3) is 0.0370. The summed E-state index contributed by atoms with van der Waals surface area (Å²) < 4.78 is 120. The van der Waals surface area contributed by atoms with Crippen LogP contribution in [0.1, 0.15) is 29.3 Å². The molecule has 12 rings (SSSR count). The van der Waals surface area contributed by atoms with Crippen LogP contribution in [0.5, 0.6) is 0 Å². The number of benzene rings is 8. The van der Waals surface area contributed by atoms with Crippen molar-refractivity contribution in [3.05, 3.63) is 218 Å². The van der Waals surface area contributed by atoms with Crippen LogP contribution in [0.3, 0.4) is 0 Å². The van der Waals surface area contributed by atoms with E-state index in [1.807, 2.05) is 54.6 Å². The lowest BCUT2D eigenvalue weighted by Gasteiger charge is -2.30. The number of para-hydroxylation sites is 5. The summed E-state index contributed by atoms with van der Waals surface area (Å²) in [7, 11) is 0. The maximum absolute atomic E-state index is 9.75. The van der Waals surface area contributed by atoms with Gasteiger partial charge in [0, 0.05) is 38.8 Å². The number of rotatable bonds is 5. The molecule has 2 aromatic heterocycles. The van der Waals surface area contributed by atoms with Crippen molar-refractivity contribution in [3.63, 3.8) is 0 Å². The van der Waals surface area contributed by atoms with E-state index in [-0.39, 0.29) is 17.6 Å². The Labute approximate surface area is 349 Å². The molecule has 0 saturated heterocycles. The van der Waals surface area contributed by atoms with Gasteiger partial charge >= 0.3 is 0 Å². The maximum atomic E-state index is 9.75. The van der Waals surface area contributed by atoms with Crippen molar-refractivity contribution in [2.45, 2.75) is 12.0 Å². The lowest BCUT2D eigenvalue weighted by Crippen LogP contribution is -2.28. The number of nitrogens with zero attached hydrogens (tertiary/aromatic N) is 3. The summed E-state index contributed by atoms with van der Waals surface area (Å²) in [4.78, 5) is 2.40. The topological polar surface area (TPSA) is 13.1 Å². The van der Waals surface area contributed by atoms with E-state index in [1.54, 1.807) is 4.57 Å². The Bertz CT molecular complexity index is 3950. The number of fused-ring (bicyclic) bond motifs is 9. The van der Waals surface area contributed by atoms with E-state index in [2.05, 4.69) is 88.4 Å². The number of anilines is 2. The number of aromatic nitrogens is 2. The molecule has 2 aliphatic rings. The van der Waals surface area contributed by atoms with Gasteiger partial charge in [0.2, 0.25) is 0 Å². The van der Waals surface area contributed by atoms with Crippen LogP contribution in [-0.4, -0.2) is 15.2 Å². The minimum atomic E-state index is -0.767. The van der Waals surface area contributed by atoms with E-state index >= 15 is 0 Å². The molecule has 2 atom stereocenters.